The maximum atomic E-state index is 12.6. The van der Waals surface area contributed by atoms with Crippen LogP contribution in [0.15, 0.2) is 29.2 Å². The van der Waals surface area contributed by atoms with Gasteiger partial charge in [0.15, 0.2) is 0 Å². The third kappa shape index (κ3) is 1.91. The molecule has 1 aromatic rings. The lowest BCUT2D eigenvalue weighted by Crippen LogP contribution is -2.53. The van der Waals surface area contributed by atoms with Crippen LogP contribution < -0.4 is 5.73 Å². The summed E-state index contributed by atoms with van der Waals surface area (Å²) < 4.78 is 26.8. The molecule has 0 amide bonds. The fraction of sp³-hybridized carbons (Fsp3) is 0.571. The maximum absolute atomic E-state index is 12.6. The van der Waals surface area contributed by atoms with Gasteiger partial charge in [0.2, 0.25) is 10.0 Å². The lowest BCUT2D eigenvalue weighted by molar-refractivity contribution is 0.0765. The first-order valence-corrected chi connectivity index (χ1v) is 8.09. The molecule has 104 valence electrons. The highest BCUT2D eigenvalue weighted by atomic mass is 32.2. The van der Waals surface area contributed by atoms with Crippen molar-refractivity contribution >= 4 is 10.0 Å². The predicted molar refractivity (Wildman–Crippen MR) is 74.1 cm³/mol. The van der Waals surface area contributed by atoms with Crippen molar-refractivity contribution < 1.29 is 8.42 Å². The normalized spacial score (nSPS) is 34.9. The zero-order chi connectivity index (χ0) is 13.8. The van der Waals surface area contributed by atoms with Crippen molar-refractivity contribution in [3.8, 4) is 0 Å². The summed E-state index contributed by atoms with van der Waals surface area (Å²) in [6.45, 7) is 5.26. The third-order valence-corrected chi connectivity index (χ3v) is 6.54. The van der Waals surface area contributed by atoms with Gasteiger partial charge in [-0.3, -0.25) is 0 Å². The lowest BCUT2D eigenvalue weighted by atomic mass is 9.60. The second-order valence-electron chi connectivity index (χ2n) is 6.24. The summed E-state index contributed by atoms with van der Waals surface area (Å²) in [5.41, 5.74) is 7.14. The standard InChI is InChI=1S/C14H20N2O2S/c1-10-3-5-11(6-4-10)19(17,18)16-8-12-13(15)7-14(12,2)9-16/h3-6,12-13H,7-9,15H2,1-2H3. The Bertz CT molecular complexity index is 596. The molecule has 3 rings (SSSR count). The first kappa shape index (κ1) is 13.1. The molecule has 1 heterocycles. The van der Waals surface area contributed by atoms with Crippen LogP contribution in [-0.2, 0) is 10.0 Å². The van der Waals surface area contributed by atoms with Gasteiger partial charge in [0, 0.05) is 19.1 Å². The van der Waals surface area contributed by atoms with Crippen LogP contribution in [0.25, 0.3) is 0 Å². The largest absolute Gasteiger partial charge is 0.327 e. The van der Waals surface area contributed by atoms with E-state index in [9.17, 15) is 8.42 Å². The summed E-state index contributed by atoms with van der Waals surface area (Å²) in [5.74, 6) is 0.313. The molecule has 0 radical (unpaired) electrons. The zero-order valence-corrected chi connectivity index (χ0v) is 12.2. The van der Waals surface area contributed by atoms with E-state index in [1.54, 1.807) is 16.4 Å². The van der Waals surface area contributed by atoms with Crippen molar-refractivity contribution in [2.75, 3.05) is 13.1 Å². The highest BCUT2D eigenvalue weighted by molar-refractivity contribution is 7.89. The van der Waals surface area contributed by atoms with Crippen LogP contribution in [0, 0.1) is 18.3 Å². The first-order valence-electron chi connectivity index (χ1n) is 6.65. The van der Waals surface area contributed by atoms with Crippen molar-refractivity contribution in [2.45, 2.75) is 31.2 Å². The van der Waals surface area contributed by atoms with E-state index >= 15 is 0 Å². The van der Waals surface area contributed by atoms with Crippen LogP contribution in [0.2, 0.25) is 0 Å². The fourth-order valence-electron chi connectivity index (χ4n) is 3.46. The van der Waals surface area contributed by atoms with Gasteiger partial charge in [-0.15, -0.1) is 0 Å². The summed E-state index contributed by atoms with van der Waals surface area (Å²) in [4.78, 5) is 0.386. The molecular formula is C14H20N2O2S. The molecule has 1 saturated heterocycles. The first-order chi connectivity index (χ1) is 8.83. The molecule has 1 saturated carbocycles. The van der Waals surface area contributed by atoms with E-state index in [2.05, 4.69) is 6.92 Å². The molecule has 19 heavy (non-hydrogen) atoms. The highest BCUT2D eigenvalue weighted by Crippen LogP contribution is 2.51. The molecular weight excluding hydrogens is 260 g/mol. The summed E-state index contributed by atoms with van der Waals surface area (Å²) in [6.07, 6.45) is 0.928. The van der Waals surface area contributed by atoms with Gasteiger partial charge in [-0.2, -0.15) is 4.31 Å². The SMILES string of the molecule is Cc1ccc(S(=O)(=O)N2CC3C(N)CC3(C)C2)cc1. The summed E-state index contributed by atoms with van der Waals surface area (Å²) in [7, 11) is -3.37. The van der Waals surface area contributed by atoms with Gasteiger partial charge >= 0.3 is 0 Å². The van der Waals surface area contributed by atoms with E-state index in [0.717, 1.165) is 12.0 Å². The molecule has 1 aliphatic heterocycles. The zero-order valence-electron chi connectivity index (χ0n) is 11.3. The van der Waals surface area contributed by atoms with Crippen LogP contribution in [-0.4, -0.2) is 31.9 Å². The molecule has 0 bridgehead atoms. The van der Waals surface area contributed by atoms with Crippen molar-refractivity contribution in [1.82, 2.24) is 4.31 Å². The van der Waals surface area contributed by atoms with E-state index in [1.807, 2.05) is 19.1 Å². The molecule has 4 nitrogen and oxygen atoms in total. The van der Waals surface area contributed by atoms with Crippen LogP contribution in [0.3, 0.4) is 0 Å². The van der Waals surface area contributed by atoms with Gasteiger partial charge in [-0.1, -0.05) is 24.6 Å². The Morgan fingerprint density at radius 2 is 1.95 bits per heavy atom. The Labute approximate surface area is 114 Å². The molecule has 5 heteroatoms. The number of aryl methyl sites for hydroxylation is 1. The number of fused-ring (bicyclic) bond motifs is 1. The minimum atomic E-state index is -3.37. The minimum absolute atomic E-state index is 0.0805. The van der Waals surface area contributed by atoms with E-state index in [0.29, 0.717) is 23.9 Å². The second kappa shape index (κ2) is 4.04. The average Bonchev–Trinajstić information content (AvgIpc) is 2.62. The lowest BCUT2D eigenvalue weighted by Gasteiger charge is -2.46. The Hall–Kier alpha value is -0.910. The van der Waals surface area contributed by atoms with Gasteiger partial charge in [0.05, 0.1) is 4.90 Å². The number of nitrogens with two attached hydrogens (primary N) is 1. The fourth-order valence-corrected chi connectivity index (χ4v) is 5.06. The predicted octanol–water partition coefficient (Wildman–Crippen LogP) is 1.35. The minimum Gasteiger partial charge on any atom is -0.327 e. The Morgan fingerprint density at radius 1 is 1.32 bits per heavy atom. The van der Waals surface area contributed by atoms with Gasteiger partial charge in [-0.25, -0.2) is 8.42 Å². The summed E-state index contributed by atoms with van der Waals surface area (Å²) in [6, 6.07) is 7.21. The van der Waals surface area contributed by atoms with Crippen LogP contribution in [0.4, 0.5) is 0 Å². The van der Waals surface area contributed by atoms with Crippen LogP contribution in [0.5, 0.6) is 0 Å². The van der Waals surface area contributed by atoms with Gasteiger partial charge in [0.25, 0.3) is 0 Å². The molecule has 3 unspecified atom stereocenters. The van der Waals surface area contributed by atoms with Crippen molar-refractivity contribution in [3.05, 3.63) is 29.8 Å². The van der Waals surface area contributed by atoms with Crippen molar-refractivity contribution in [2.24, 2.45) is 17.1 Å². The Balaban J connectivity index is 1.88. The average molecular weight is 280 g/mol. The number of hydrogen-bond acceptors (Lipinski definition) is 3. The maximum Gasteiger partial charge on any atom is 0.243 e. The number of hydrogen-bond donors (Lipinski definition) is 1. The summed E-state index contributed by atoms with van der Waals surface area (Å²) >= 11 is 0. The van der Waals surface area contributed by atoms with E-state index in [1.165, 1.54) is 0 Å². The van der Waals surface area contributed by atoms with Gasteiger partial charge in [-0.05, 0) is 36.8 Å². The number of rotatable bonds is 2. The Kier molecular flexibility index (Phi) is 2.78. The number of sulfonamides is 1. The van der Waals surface area contributed by atoms with Gasteiger partial charge < -0.3 is 5.73 Å². The smallest absolute Gasteiger partial charge is 0.243 e. The van der Waals surface area contributed by atoms with Crippen molar-refractivity contribution in [1.29, 1.82) is 0 Å². The molecule has 2 N–H and O–H groups in total. The highest BCUT2D eigenvalue weighted by Gasteiger charge is 2.56. The summed E-state index contributed by atoms with van der Waals surface area (Å²) in [5, 5.41) is 0. The molecule has 3 atom stereocenters. The molecule has 1 aromatic carbocycles. The van der Waals surface area contributed by atoms with Gasteiger partial charge in [0.1, 0.15) is 0 Å². The topological polar surface area (TPSA) is 63.4 Å². The van der Waals surface area contributed by atoms with E-state index < -0.39 is 10.0 Å². The van der Waals surface area contributed by atoms with Crippen LogP contribution in [0.1, 0.15) is 18.9 Å². The molecule has 0 spiro atoms. The monoisotopic (exact) mass is 280 g/mol. The Morgan fingerprint density at radius 3 is 2.47 bits per heavy atom. The second-order valence-corrected chi connectivity index (χ2v) is 8.18. The molecule has 0 aromatic heterocycles. The molecule has 2 aliphatic rings. The van der Waals surface area contributed by atoms with Crippen LogP contribution >= 0.6 is 0 Å². The number of nitrogens with zero attached hydrogens (tertiary/aromatic N) is 1. The van der Waals surface area contributed by atoms with E-state index in [-0.39, 0.29) is 11.5 Å². The van der Waals surface area contributed by atoms with Crippen molar-refractivity contribution in [3.63, 3.8) is 0 Å². The third-order valence-electron chi connectivity index (χ3n) is 4.71. The molecule has 2 fully saturated rings. The quantitative estimate of drug-likeness (QED) is 0.889. The molecule has 1 aliphatic carbocycles. The number of benzene rings is 1. The van der Waals surface area contributed by atoms with E-state index in [4.69, 9.17) is 5.73 Å².